The summed E-state index contributed by atoms with van der Waals surface area (Å²) >= 11 is 0. The van der Waals surface area contributed by atoms with E-state index in [0.717, 1.165) is 44.7 Å². The van der Waals surface area contributed by atoms with Crippen molar-refractivity contribution in [1.29, 1.82) is 0 Å². The van der Waals surface area contributed by atoms with E-state index in [1.807, 2.05) is 12.1 Å². The number of benzene rings is 2. The van der Waals surface area contributed by atoms with E-state index in [1.165, 1.54) is 22.3 Å². The number of nitrogens with zero attached hydrogens (tertiary/aromatic N) is 1. The van der Waals surface area contributed by atoms with Crippen LogP contribution in [-0.2, 0) is 26.1 Å². The highest BCUT2D eigenvalue weighted by molar-refractivity contribution is 5.37. The highest BCUT2D eigenvalue weighted by Crippen LogP contribution is 2.48. The van der Waals surface area contributed by atoms with Crippen LogP contribution in [0.15, 0.2) is 54.7 Å². The molecular formula is C25H30F2N2O. The highest BCUT2D eigenvalue weighted by Gasteiger charge is 2.57. The maximum atomic E-state index is 13.0. The Hall–Kier alpha value is -2.40. The van der Waals surface area contributed by atoms with Gasteiger partial charge in [-0.3, -0.25) is 4.90 Å². The Morgan fingerprint density at radius 3 is 2.60 bits per heavy atom. The van der Waals surface area contributed by atoms with Gasteiger partial charge in [-0.15, -0.1) is 0 Å². The Morgan fingerprint density at radius 1 is 1.17 bits per heavy atom. The van der Waals surface area contributed by atoms with Crippen LogP contribution in [0.25, 0.3) is 0 Å². The zero-order valence-corrected chi connectivity index (χ0v) is 17.6. The summed E-state index contributed by atoms with van der Waals surface area (Å²) in [5.74, 6) is -2.43. The molecule has 0 bridgehead atoms. The standard InChI is InChI=1S/C25H30F2N2O/c1-3-18(2)28-14-19-4-6-20(7-5-19)15-29-11-10-21-12-24(9-8-22(21)16-29)30-17-23-13-25(23,26)27/h4-9,12,23,28H,2-3,10-11,13-17H2,1H3. The molecule has 0 amide bonds. The monoisotopic (exact) mass is 412 g/mol. The predicted octanol–water partition coefficient (Wildman–Crippen LogP) is 5.29. The van der Waals surface area contributed by atoms with Crippen molar-refractivity contribution in [3.63, 3.8) is 0 Å². The van der Waals surface area contributed by atoms with Gasteiger partial charge in [0.05, 0.1) is 12.5 Å². The Bertz CT molecular complexity index is 895. The number of hydrogen-bond acceptors (Lipinski definition) is 3. The predicted molar refractivity (Wildman–Crippen MR) is 116 cm³/mol. The first-order valence-corrected chi connectivity index (χ1v) is 10.8. The molecule has 0 radical (unpaired) electrons. The number of rotatable bonds is 9. The van der Waals surface area contributed by atoms with Gasteiger partial charge in [0.15, 0.2) is 0 Å². The minimum absolute atomic E-state index is 0.0432. The van der Waals surface area contributed by atoms with E-state index in [-0.39, 0.29) is 13.0 Å². The largest absolute Gasteiger partial charge is 0.493 e. The first-order valence-electron chi connectivity index (χ1n) is 10.8. The fourth-order valence-electron chi connectivity index (χ4n) is 3.83. The normalized spacial score (nSPS) is 19.8. The molecule has 1 fully saturated rings. The third-order valence-electron chi connectivity index (χ3n) is 6.07. The Balaban J connectivity index is 1.28. The highest BCUT2D eigenvalue weighted by atomic mass is 19.3. The van der Waals surface area contributed by atoms with Crippen LogP contribution in [0.1, 0.15) is 42.0 Å². The van der Waals surface area contributed by atoms with Crippen LogP contribution in [0, 0.1) is 5.92 Å². The quantitative estimate of drug-likeness (QED) is 0.605. The molecule has 1 N–H and O–H groups in total. The van der Waals surface area contributed by atoms with Crippen molar-refractivity contribution in [2.75, 3.05) is 13.2 Å². The fourth-order valence-corrected chi connectivity index (χ4v) is 3.83. The second kappa shape index (κ2) is 8.76. The summed E-state index contributed by atoms with van der Waals surface area (Å²) in [7, 11) is 0. The summed E-state index contributed by atoms with van der Waals surface area (Å²) in [6.45, 7) is 9.79. The smallest absolute Gasteiger partial charge is 0.255 e. The molecule has 4 rings (SSSR count). The topological polar surface area (TPSA) is 24.5 Å². The van der Waals surface area contributed by atoms with Gasteiger partial charge in [-0.2, -0.15) is 0 Å². The van der Waals surface area contributed by atoms with Gasteiger partial charge in [-0.1, -0.05) is 43.8 Å². The van der Waals surface area contributed by atoms with Crippen LogP contribution < -0.4 is 10.1 Å². The van der Waals surface area contributed by atoms with Crippen LogP contribution in [0.5, 0.6) is 5.75 Å². The first-order chi connectivity index (χ1) is 14.4. The average Bonchev–Trinajstić information content (AvgIpc) is 3.37. The van der Waals surface area contributed by atoms with E-state index in [9.17, 15) is 8.78 Å². The molecule has 2 aromatic rings. The number of hydrogen-bond donors (Lipinski definition) is 1. The summed E-state index contributed by atoms with van der Waals surface area (Å²) in [6.07, 6.45) is 1.85. The van der Waals surface area contributed by atoms with E-state index < -0.39 is 11.8 Å². The van der Waals surface area contributed by atoms with Crippen LogP contribution >= 0.6 is 0 Å². The van der Waals surface area contributed by atoms with Gasteiger partial charge in [0, 0.05) is 38.3 Å². The molecule has 0 saturated heterocycles. The van der Waals surface area contributed by atoms with Crippen molar-refractivity contribution in [2.45, 2.75) is 51.7 Å². The molecular weight excluding hydrogens is 382 g/mol. The molecule has 3 nitrogen and oxygen atoms in total. The summed E-state index contributed by atoms with van der Waals surface area (Å²) in [5, 5.41) is 3.34. The molecule has 160 valence electrons. The van der Waals surface area contributed by atoms with Crippen LogP contribution in [0.4, 0.5) is 8.78 Å². The molecule has 30 heavy (non-hydrogen) atoms. The van der Waals surface area contributed by atoms with E-state index >= 15 is 0 Å². The summed E-state index contributed by atoms with van der Waals surface area (Å²) in [5.41, 5.74) is 6.19. The molecule has 2 aromatic carbocycles. The maximum Gasteiger partial charge on any atom is 0.255 e. The lowest BCUT2D eigenvalue weighted by molar-refractivity contribution is 0.0856. The summed E-state index contributed by atoms with van der Waals surface area (Å²) in [6, 6.07) is 14.8. The first kappa shape index (κ1) is 20.9. The third-order valence-corrected chi connectivity index (χ3v) is 6.07. The van der Waals surface area contributed by atoms with Crippen molar-refractivity contribution in [3.05, 3.63) is 77.0 Å². The van der Waals surface area contributed by atoms with Crippen molar-refractivity contribution < 1.29 is 13.5 Å². The lowest BCUT2D eigenvalue weighted by Crippen LogP contribution is -2.30. The molecule has 1 unspecified atom stereocenters. The number of halogens is 2. The molecule has 0 aromatic heterocycles. The minimum Gasteiger partial charge on any atom is -0.493 e. The number of nitrogens with one attached hydrogen (secondary N) is 1. The Kier molecular flexibility index (Phi) is 6.09. The molecule has 1 heterocycles. The number of alkyl halides is 2. The number of ether oxygens (including phenoxy) is 1. The van der Waals surface area contributed by atoms with E-state index in [0.29, 0.717) is 5.75 Å². The lowest BCUT2D eigenvalue weighted by atomic mass is 9.99. The van der Waals surface area contributed by atoms with Crippen LogP contribution in [-0.4, -0.2) is 24.0 Å². The van der Waals surface area contributed by atoms with E-state index in [4.69, 9.17) is 4.74 Å². The van der Waals surface area contributed by atoms with E-state index in [2.05, 4.69) is 54.1 Å². The minimum atomic E-state index is -2.52. The van der Waals surface area contributed by atoms with Crippen molar-refractivity contribution in [2.24, 2.45) is 5.92 Å². The van der Waals surface area contributed by atoms with Gasteiger partial charge < -0.3 is 10.1 Å². The molecule has 1 aliphatic heterocycles. The number of fused-ring (bicyclic) bond motifs is 1. The van der Waals surface area contributed by atoms with Crippen molar-refractivity contribution >= 4 is 0 Å². The SMILES string of the molecule is C=C(CC)NCc1ccc(CN2CCc3cc(OCC4CC4(F)F)ccc3C2)cc1. The van der Waals surface area contributed by atoms with Gasteiger partial charge in [0.1, 0.15) is 5.75 Å². The zero-order valence-electron chi connectivity index (χ0n) is 17.6. The second-order valence-corrected chi connectivity index (χ2v) is 8.49. The Labute approximate surface area is 177 Å². The summed E-state index contributed by atoms with van der Waals surface area (Å²) < 4.78 is 31.6. The van der Waals surface area contributed by atoms with Crippen molar-refractivity contribution in [1.82, 2.24) is 10.2 Å². The van der Waals surface area contributed by atoms with Crippen LogP contribution in [0.3, 0.4) is 0 Å². The third kappa shape index (κ3) is 5.20. The van der Waals surface area contributed by atoms with Gasteiger partial charge >= 0.3 is 0 Å². The molecule has 1 atom stereocenters. The van der Waals surface area contributed by atoms with E-state index in [1.54, 1.807) is 0 Å². The molecule has 1 saturated carbocycles. The fraction of sp³-hybridized carbons (Fsp3) is 0.440. The lowest BCUT2D eigenvalue weighted by Gasteiger charge is -2.29. The second-order valence-electron chi connectivity index (χ2n) is 8.49. The number of allylic oxidation sites excluding steroid dienone is 1. The zero-order chi connectivity index (χ0) is 21.1. The van der Waals surface area contributed by atoms with Crippen molar-refractivity contribution in [3.8, 4) is 5.75 Å². The summed E-state index contributed by atoms with van der Waals surface area (Å²) in [4.78, 5) is 2.44. The van der Waals surface area contributed by atoms with Gasteiger partial charge in [-0.25, -0.2) is 8.78 Å². The molecule has 0 spiro atoms. The maximum absolute atomic E-state index is 13.0. The van der Waals surface area contributed by atoms with Gasteiger partial charge in [0.25, 0.3) is 5.92 Å². The molecule has 1 aliphatic carbocycles. The van der Waals surface area contributed by atoms with Crippen LogP contribution in [0.2, 0.25) is 0 Å². The molecule has 5 heteroatoms. The average molecular weight is 413 g/mol. The Morgan fingerprint density at radius 2 is 1.90 bits per heavy atom. The van der Waals surface area contributed by atoms with Gasteiger partial charge in [-0.05, 0) is 47.2 Å². The molecule has 2 aliphatic rings. The van der Waals surface area contributed by atoms with Gasteiger partial charge in [0.2, 0.25) is 0 Å².